The van der Waals surface area contributed by atoms with Crippen LogP contribution in [0, 0.1) is 0 Å². The summed E-state index contributed by atoms with van der Waals surface area (Å²) in [5.74, 6) is -0.889. The Bertz CT molecular complexity index is 761. The van der Waals surface area contributed by atoms with E-state index in [1.165, 1.54) is 14.2 Å². The lowest BCUT2D eigenvalue weighted by atomic mass is 10.0. The summed E-state index contributed by atoms with van der Waals surface area (Å²) in [6, 6.07) is 10.5. The number of ether oxygens (including phenoxy) is 2. The topological polar surface area (TPSA) is 87.7 Å². The van der Waals surface area contributed by atoms with Crippen molar-refractivity contribution in [2.24, 2.45) is 0 Å². The molecule has 0 aliphatic carbocycles. The van der Waals surface area contributed by atoms with Crippen LogP contribution in [0.25, 0.3) is 0 Å². The summed E-state index contributed by atoms with van der Waals surface area (Å²) < 4.78 is 10.3. The van der Waals surface area contributed by atoms with E-state index in [9.17, 15) is 14.7 Å². The SMILES string of the molecule is COc1ccc(C(=O)N[C@H](CC(=O)[O-])c2ccc(Cl)cc2)c(OC)c1. The van der Waals surface area contributed by atoms with Crippen LogP contribution in [-0.4, -0.2) is 26.1 Å². The summed E-state index contributed by atoms with van der Waals surface area (Å²) in [6.45, 7) is 0. The molecule has 6 nitrogen and oxygen atoms in total. The summed E-state index contributed by atoms with van der Waals surface area (Å²) in [5.41, 5.74) is 0.870. The number of halogens is 1. The van der Waals surface area contributed by atoms with Gasteiger partial charge in [0.15, 0.2) is 0 Å². The number of carbonyl (C=O) groups is 2. The van der Waals surface area contributed by atoms with Crippen molar-refractivity contribution in [3.8, 4) is 11.5 Å². The summed E-state index contributed by atoms with van der Waals surface area (Å²) in [7, 11) is 2.94. The summed E-state index contributed by atoms with van der Waals surface area (Å²) >= 11 is 5.85. The highest BCUT2D eigenvalue weighted by Gasteiger charge is 2.19. The van der Waals surface area contributed by atoms with Crippen molar-refractivity contribution in [3.63, 3.8) is 0 Å². The largest absolute Gasteiger partial charge is 0.550 e. The second-order valence-corrected chi connectivity index (χ2v) is 5.66. The molecule has 0 fully saturated rings. The molecule has 132 valence electrons. The summed E-state index contributed by atoms with van der Waals surface area (Å²) in [4.78, 5) is 23.6. The lowest BCUT2D eigenvalue weighted by Gasteiger charge is -2.20. The van der Waals surface area contributed by atoms with E-state index in [2.05, 4.69) is 5.32 Å². The van der Waals surface area contributed by atoms with Gasteiger partial charge in [-0.1, -0.05) is 23.7 Å². The lowest BCUT2D eigenvalue weighted by molar-refractivity contribution is -0.306. The average Bonchev–Trinajstić information content (AvgIpc) is 2.60. The van der Waals surface area contributed by atoms with Gasteiger partial charge in [0.1, 0.15) is 11.5 Å². The van der Waals surface area contributed by atoms with Gasteiger partial charge in [-0.05, 0) is 29.8 Å². The molecule has 0 unspecified atom stereocenters. The van der Waals surface area contributed by atoms with Crippen LogP contribution in [0.3, 0.4) is 0 Å². The second kappa shape index (κ2) is 8.39. The fourth-order valence-electron chi connectivity index (χ4n) is 2.34. The van der Waals surface area contributed by atoms with E-state index < -0.39 is 17.9 Å². The predicted octanol–water partition coefficient (Wildman–Crippen LogP) is 1.97. The van der Waals surface area contributed by atoms with Crippen molar-refractivity contribution in [1.29, 1.82) is 0 Å². The number of carbonyl (C=O) groups excluding carboxylic acids is 2. The first-order valence-electron chi connectivity index (χ1n) is 7.42. The molecule has 2 aromatic carbocycles. The molecule has 1 atom stereocenters. The standard InChI is InChI=1S/C18H18ClNO5/c1-24-13-7-8-14(16(9-13)25-2)18(23)20-15(10-17(21)22)11-3-5-12(19)6-4-11/h3-9,15H,10H2,1-2H3,(H,20,23)(H,21,22)/p-1/t15-/m1/s1. The zero-order chi connectivity index (χ0) is 18.4. The molecule has 0 saturated heterocycles. The molecule has 25 heavy (non-hydrogen) atoms. The van der Waals surface area contributed by atoms with E-state index in [1.54, 1.807) is 42.5 Å². The van der Waals surface area contributed by atoms with Crippen LogP contribution in [0.1, 0.15) is 28.4 Å². The number of nitrogens with one attached hydrogen (secondary N) is 1. The van der Waals surface area contributed by atoms with Gasteiger partial charge in [-0.25, -0.2) is 0 Å². The zero-order valence-electron chi connectivity index (χ0n) is 13.7. The van der Waals surface area contributed by atoms with Crippen molar-refractivity contribution in [3.05, 3.63) is 58.6 Å². The molecular formula is C18H17ClNO5-. The molecule has 1 amide bonds. The van der Waals surface area contributed by atoms with Gasteiger partial charge >= 0.3 is 0 Å². The molecule has 0 heterocycles. The molecule has 0 saturated carbocycles. The number of carboxylic acids is 1. The Hall–Kier alpha value is -2.73. The number of benzene rings is 2. The third-order valence-electron chi connectivity index (χ3n) is 3.60. The third-order valence-corrected chi connectivity index (χ3v) is 3.85. The van der Waals surface area contributed by atoms with Crippen molar-refractivity contribution in [2.45, 2.75) is 12.5 Å². The first-order valence-corrected chi connectivity index (χ1v) is 7.80. The minimum Gasteiger partial charge on any atom is -0.550 e. The Morgan fingerprint density at radius 2 is 1.80 bits per heavy atom. The number of rotatable bonds is 7. The summed E-state index contributed by atoms with van der Waals surface area (Å²) in [5, 5.41) is 14.2. The number of hydrogen-bond donors (Lipinski definition) is 1. The average molecular weight is 363 g/mol. The van der Waals surface area contributed by atoms with Crippen molar-refractivity contribution in [1.82, 2.24) is 5.32 Å². The number of amides is 1. The molecule has 0 spiro atoms. The molecule has 2 aromatic rings. The maximum atomic E-state index is 12.6. The second-order valence-electron chi connectivity index (χ2n) is 5.22. The van der Waals surface area contributed by atoms with Crippen molar-refractivity contribution < 1.29 is 24.2 Å². The van der Waals surface area contributed by atoms with Crippen LogP contribution in [0.5, 0.6) is 11.5 Å². The highest BCUT2D eigenvalue weighted by atomic mass is 35.5. The van der Waals surface area contributed by atoms with E-state index in [-0.39, 0.29) is 12.0 Å². The Morgan fingerprint density at radius 1 is 1.12 bits per heavy atom. The van der Waals surface area contributed by atoms with Gasteiger partial charge in [0.2, 0.25) is 0 Å². The minimum absolute atomic E-state index is 0.264. The van der Waals surface area contributed by atoms with E-state index in [0.717, 1.165) is 0 Å². The number of methoxy groups -OCH3 is 2. The fourth-order valence-corrected chi connectivity index (χ4v) is 2.46. The highest BCUT2D eigenvalue weighted by Crippen LogP contribution is 2.26. The monoisotopic (exact) mass is 362 g/mol. The molecular weight excluding hydrogens is 346 g/mol. The van der Waals surface area contributed by atoms with Crippen LogP contribution in [0.2, 0.25) is 5.02 Å². The van der Waals surface area contributed by atoms with Gasteiger partial charge in [0.25, 0.3) is 5.91 Å². The Balaban J connectivity index is 2.27. The first-order chi connectivity index (χ1) is 11.9. The normalized spacial score (nSPS) is 11.5. The molecule has 0 aliphatic rings. The number of hydrogen-bond acceptors (Lipinski definition) is 5. The van der Waals surface area contributed by atoms with E-state index in [1.807, 2.05) is 0 Å². The van der Waals surface area contributed by atoms with Crippen LogP contribution in [-0.2, 0) is 4.79 Å². The molecule has 0 bridgehead atoms. The van der Waals surface area contributed by atoms with Gasteiger partial charge in [-0.2, -0.15) is 0 Å². The van der Waals surface area contributed by atoms with E-state index in [0.29, 0.717) is 22.1 Å². The summed E-state index contributed by atoms with van der Waals surface area (Å²) in [6.07, 6.45) is -0.369. The van der Waals surface area contributed by atoms with Crippen LogP contribution >= 0.6 is 11.6 Å². The van der Waals surface area contributed by atoms with Crippen LogP contribution in [0.4, 0.5) is 0 Å². The zero-order valence-corrected chi connectivity index (χ0v) is 14.5. The maximum Gasteiger partial charge on any atom is 0.255 e. The fraction of sp³-hybridized carbons (Fsp3) is 0.222. The molecule has 7 heteroatoms. The quantitative estimate of drug-likeness (QED) is 0.813. The van der Waals surface area contributed by atoms with Crippen LogP contribution < -0.4 is 19.9 Å². The van der Waals surface area contributed by atoms with Gasteiger partial charge in [0, 0.05) is 23.5 Å². The number of carboxylic acid groups (broad SMARTS) is 1. The minimum atomic E-state index is -1.28. The molecule has 1 N–H and O–H groups in total. The molecule has 0 aromatic heterocycles. The smallest absolute Gasteiger partial charge is 0.255 e. The third kappa shape index (κ3) is 4.87. The van der Waals surface area contributed by atoms with Gasteiger partial charge < -0.3 is 24.7 Å². The lowest BCUT2D eigenvalue weighted by Crippen LogP contribution is -2.34. The number of aliphatic carboxylic acids is 1. The van der Waals surface area contributed by atoms with Crippen LogP contribution in [0.15, 0.2) is 42.5 Å². The van der Waals surface area contributed by atoms with Gasteiger partial charge in [-0.15, -0.1) is 0 Å². The first kappa shape index (κ1) is 18.6. The predicted molar refractivity (Wildman–Crippen MR) is 90.8 cm³/mol. The van der Waals surface area contributed by atoms with E-state index in [4.69, 9.17) is 21.1 Å². The maximum absolute atomic E-state index is 12.6. The molecule has 0 radical (unpaired) electrons. The Morgan fingerprint density at radius 3 is 2.36 bits per heavy atom. The van der Waals surface area contributed by atoms with E-state index >= 15 is 0 Å². The Kier molecular flexibility index (Phi) is 6.25. The Labute approximate surface area is 150 Å². The highest BCUT2D eigenvalue weighted by molar-refractivity contribution is 6.30. The van der Waals surface area contributed by atoms with Gasteiger partial charge in [-0.3, -0.25) is 4.79 Å². The van der Waals surface area contributed by atoms with Crippen molar-refractivity contribution >= 4 is 23.5 Å². The molecule has 0 aliphatic heterocycles. The van der Waals surface area contributed by atoms with Gasteiger partial charge in [0.05, 0.1) is 25.8 Å². The molecule has 2 rings (SSSR count). The van der Waals surface area contributed by atoms with Crippen molar-refractivity contribution in [2.75, 3.05) is 14.2 Å².